The summed E-state index contributed by atoms with van der Waals surface area (Å²) in [6.07, 6.45) is 0.830. The van der Waals surface area contributed by atoms with Gasteiger partial charge in [-0.2, -0.15) is 12.6 Å². The summed E-state index contributed by atoms with van der Waals surface area (Å²) in [5, 5.41) is 2.81. The number of hydrogen-bond acceptors (Lipinski definition) is 3. The van der Waals surface area contributed by atoms with Crippen molar-refractivity contribution in [1.29, 1.82) is 0 Å². The Hall–Kier alpha value is -1.16. The second-order valence-electron chi connectivity index (χ2n) is 4.01. The number of thiol groups is 1. The number of carbonyl (C=O) groups is 1. The van der Waals surface area contributed by atoms with E-state index in [-0.39, 0.29) is 11.7 Å². The zero-order valence-electron chi connectivity index (χ0n) is 10.5. The molecule has 0 heterocycles. The maximum absolute atomic E-state index is 11.0. The molecule has 0 fully saturated rings. The van der Waals surface area contributed by atoms with Gasteiger partial charge < -0.3 is 10.1 Å². The fourth-order valence-corrected chi connectivity index (χ4v) is 1.84. The Morgan fingerprint density at radius 2 is 2.06 bits per heavy atom. The van der Waals surface area contributed by atoms with Gasteiger partial charge in [0.1, 0.15) is 5.75 Å². The van der Waals surface area contributed by atoms with Crippen LogP contribution in [0.2, 0.25) is 0 Å². The lowest BCUT2D eigenvalue weighted by atomic mass is 10.0. The molecule has 0 bridgehead atoms. The minimum atomic E-state index is -0.0313. The van der Waals surface area contributed by atoms with Crippen LogP contribution in [-0.4, -0.2) is 25.3 Å². The van der Waals surface area contributed by atoms with E-state index in [4.69, 9.17) is 4.74 Å². The second kappa shape index (κ2) is 6.55. The fraction of sp³-hybridized carbons (Fsp3) is 0.462. The van der Waals surface area contributed by atoms with Crippen molar-refractivity contribution in [3.8, 4) is 5.75 Å². The van der Waals surface area contributed by atoms with Gasteiger partial charge in [0, 0.05) is 6.54 Å². The van der Waals surface area contributed by atoms with Gasteiger partial charge in [0.15, 0.2) is 0 Å². The van der Waals surface area contributed by atoms with E-state index >= 15 is 0 Å². The van der Waals surface area contributed by atoms with Crippen LogP contribution < -0.4 is 10.1 Å². The van der Waals surface area contributed by atoms with Crippen molar-refractivity contribution in [3.05, 3.63) is 28.8 Å². The number of nitrogens with one attached hydrogen (secondary N) is 1. The Bertz CT molecular complexity index is 405. The Kier molecular flexibility index (Phi) is 5.35. The molecule has 0 aliphatic carbocycles. The van der Waals surface area contributed by atoms with E-state index in [1.54, 1.807) is 7.11 Å². The van der Waals surface area contributed by atoms with Gasteiger partial charge in [0.05, 0.1) is 12.9 Å². The second-order valence-corrected chi connectivity index (χ2v) is 4.32. The first-order valence-corrected chi connectivity index (χ1v) is 6.23. The van der Waals surface area contributed by atoms with Gasteiger partial charge in [-0.15, -0.1) is 0 Å². The summed E-state index contributed by atoms with van der Waals surface area (Å²) in [4.78, 5) is 11.0. The first-order chi connectivity index (χ1) is 8.08. The highest BCUT2D eigenvalue weighted by Gasteiger charge is 2.05. The van der Waals surface area contributed by atoms with Crippen LogP contribution in [0.25, 0.3) is 0 Å². The van der Waals surface area contributed by atoms with E-state index < -0.39 is 0 Å². The number of aryl methyl sites for hydroxylation is 2. The van der Waals surface area contributed by atoms with Crippen LogP contribution in [0.4, 0.5) is 0 Å². The van der Waals surface area contributed by atoms with Crippen LogP contribution >= 0.6 is 12.6 Å². The number of rotatable bonds is 5. The first-order valence-electron chi connectivity index (χ1n) is 5.60. The molecule has 0 saturated heterocycles. The molecule has 1 N–H and O–H groups in total. The van der Waals surface area contributed by atoms with Crippen molar-refractivity contribution in [1.82, 2.24) is 5.32 Å². The number of benzene rings is 1. The van der Waals surface area contributed by atoms with Gasteiger partial charge in [-0.1, -0.05) is 6.07 Å². The maximum Gasteiger partial charge on any atom is 0.229 e. The van der Waals surface area contributed by atoms with Crippen molar-refractivity contribution in [2.45, 2.75) is 20.3 Å². The molecule has 0 aromatic heterocycles. The molecule has 1 rings (SSSR count). The average molecular weight is 253 g/mol. The number of hydrogen-bond donors (Lipinski definition) is 2. The minimum Gasteiger partial charge on any atom is -0.496 e. The van der Waals surface area contributed by atoms with Crippen LogP contribution in [0.15, 0.2) is 12.1 Å². The summed E-state index contributed by atoms with van der Waals surface area (Å²) in [6.45, 7) is 4.72. The third-order valence-electron chi connectivity index (χ3n) is 2.71. The Labute approximate surface area is 108 Å². The predicted molar refractivity (Wildman–Crippen MR) is 73.0 cm³/mol. The van der Waals surface area contributed by atoms with Crippen molar-refractivity contribution >= 4 is 18.5 Å². The summed E-state index contributed by atoms with van der Waals surface area (Å²) >= 11 is 3.91. The third kappa shape index (κ3) is 3.97. The van der Waals surface area contributed by atoms with Crippen LogP contribution in [-0.2, 0) is 11.2 Å². The highest BCUT2D eigenvalue weighted by Crippen LogP contribution is 2.22. The predicted octanol–water partition coefficient (Wildman–Crippen LogP) is 1.90. The zero-order valence-corrected chi connectivity index (χ0v) is 11.4. The van der Waals surface area contributed by atoms with E-state index in [0.717, 1.165) is 17.7 Å². The fourth-order valence-electron chi connectivity index (χ4n) is 1.73. The van der Waals surface area contributed by atoms with Crippen molar-refractivity contribution in [2.24, 2.45) is 0 Å². The third-order valence-corrected chi connectivity index (χ3v) is 3.00. The van der Waals surface area contributed by atoms with Crippen molar-refractivity contribution in [3.63, 3.8) is 0 Å². The number of methoxy groups -OCH3 is 1. The van der Waals surface area contributed by atoms with Gasteiger partial charge >= 0.3 is 0 Å². The highest BCUT2D eigenvalue weighted by atomic mass is 32.1. The normalized spacial score (nSPS) is 10.1. The largest absolute Gasteiger partial charge is 0.496 e. The number of ether oxygens (including phenoxy) is 1. The molecule has 0 spiro atoms. The van der Waals surface area contributed by atoms with E-state index in [9.17, 15) is 4.79 Å². The van der Waals surface area contributed by atoms with Crippen LogP contribution in [0.1, 0.15) is 16.7 Å². The first kappa shape index (κ1) is 13.9. The summed E-state index contributed by atoms with van der Waals surface area (Å²) in [6, 6.07) is 4.14. The van der Waals surface area contributed by atoms with Gasteiger partial charge in [0.2, 0.25) is 5.91 Å². The van der Waals surface area contributed by atoms with E-state index in [2.05, 4.69) is 30.9 Å². The Morgan fingerprint density at radius 1 is 1.35 bits per heavy atom. The van der Waals surface area contributed by atoms with E-state index in [1.807, 2.05) is 13.0 Å². The molecule has 1 aromatic rings. The van der Waals surface area contributed by atoms with Gasteiger partial charge in [-0.25, -0.2) is 0 Å². The van der Waals surface area contributed by atoms with Crippen molar-refractivity contribution in [2.75, 3.05) is 19.4 Å². The highest BCUT2D eigenvalue weighted by molar-refractivity contribution is 7.81. The molecule has 0 aliphatic heterocycles. The summed E-state index contributed by atoms with van der Waals surface area (Å²) in [5.41, 5.74) is 3.55. The van der Waals surface area contributed by atoms with Gasteiger partial charge in [-0.05, 0) is 43.0 Å². The van der Waals surface area contributed by atoms with E-state index in [0.29, 0.717) is 6.54 Å². The molecule has 0 unspecified atom stereocenters. The SMILES string of the molecule is COc1cc(C)c(CCNC(=O)CS)cc1C. The Balaban J connectivity index is 2.65. The van der Waals surface area contributed by atoms with Crippen LogP contribution in [0.5, 0.6) is 5.75 Å². The molecule has 0 radical (unpaired) electrons. The molecule has 3 nitrogen and oxygen atoms in total. The molecule has 0 aliphatic rings. The quantitative estimate of drug-likeness (QED) is 0.787. The summed E-state index contributed by atoms with van der Waals surface area (Å²) in [7, 11) is 1.67. The summed E-state index contributed by atoms with van der Waals surface area (Å²) < 4.78 is 5.26. The molecular formula is C13H19NO2S. The standard InChI is InChI=1S/C13H19NO2S/c1-9-7-12(16-3)10(2)6-11(9)4-5-14-13(15)8-17/h6-7,17H,4-5,8H2,1-3H3,(H,14,15). The lowest BCUT2D eigenvalue weighted by Crippen LogP contribution is -2.26. The molecule has 0 saturated carbocycles. The molecule has 4 heteroatoms. The van der Waals surface area contributed by atoms with Crippen molar-refractivity contribution < 1.29 is 9.53 Å². The minimum absolute atomic E-state index is 0.0313. The van der Waals surface area contributed by atoms with Gasteiger partial charge in [0.25, 0.3) is 0 Å². The molecule has 1 amide bonds. The smallest absolute Gasteiger partial charge is 0.229 e. The maximum atomic E-state index is 11.0. The number of amides is 1. The molecular weight excluding hydrogens is 234 g/mol. The average Bonchev–Trinajstić information content (AvgIpc) is 2.32. The monoisotopic (exact) mass is 253 g/mol. The Morgan fingerprint density at radius 3 is 2.65 bits per heavy atom. The zero-order chi connectivity index (χ0) is 12.8. The molecule has 17 heavy (non-hydrogen) atoms. The lowest BCUT2D eigenvalue weighted by molar-refractivity contribution is -0.118. The topological polar surface area (TPSA) is 38.3 Å². The van der Waals surface area contributed by atoms with Gasteiger partial charge in [-0.3, -0.25) is 4.79 Å². The lowest BCUT2D eigenvalue weighted by Gasteiger charge is -2.11. The van der Waals surface area contributed by atoms with E-state index in [1.165, 1.54) is 11.1 Å². The number of carbonyl (C=O) groups excluding carboxylic acids is 1. The molecule has 0 atom stereocenters. The van der Waals surface area contributed by atoms with Crippen LogP contribution in [0.3, 0.4) is 0 Å². The van der Waals surface area contributed by atoms with Crippen LogP contribution in [0, 0.1) is 13.8 Å². The summed E-state index contributed by atoms with van der Waals surface area (Å²) in [5.74, 6) is 1.11. The molecule has 1 aromatic carbocycles. The molecule has 94 valence electrons.